The fourth-order valence-electron chi connectivity index (χ4n) is 5.67. The highest BCUT2D eigenvalue weighted by molar-refractivity contribution is 6.05. The second kappa shape index (κ2) is 10.0. The largest absolute Gasteiger partial charge is 0.506 e. The van der Waals surface area contributed by atoms with Gasteiger partial charge in [-0.25, -0.2) is 0 Å². The van der Waals surface area contributed by atoms with Gasteiger partial charge in [-0.3, -0.25) is 14.5 Å². The Morgan fingerprint density at radius 3 is 2.34 bits per heavy atom. The van der Waals surface area contributed by atoms with Crippen LogP contribution in [0.4, 0.5) is 5.69 Å². The van der Waals surface area contributed by atoms with Crippen LogP contribution in [0, 0.1) is 23.7 Å². The predicted molar refractivity (Wildman–Crippen MR) is 121 cm³/mol. The van der Waals surface area contributed by atoms with Crippen LogP contribution in [0.1, 0.15) is 38.5 Å². The molecule has 5 unspecified atom stereocenters. The van der Waals surface area contributed by atoms with Crippen molar-refractivity contribution in [2.75, 3.05) is 31.1 Å². The van der Waals surface area contributed by atoms with E-state index < -0.39 is 6.10 Å². The molecule has 7 heteroatoms. The molecule has 2 aliphatic heterocycles. The monoisotopic (exact) mass is 442 g/mol. The van der Waals surface area contributed by atoms with Gasteiger partial charge in [0.05, 0.1) is 30.2 Å². The Bertz CT molecular complexity index is 830. The van der Waals surface area contributed by atoms with Crippen molar-refractivity contribution >= 4 is 17.5 Å². The van der Waals surface area contributed by atoms with Crippen LogP contribution in [0.3, 0.4) is 0 Å². The van der Waals surface area contributed by atoms with Crippen LogP contribution in [0.2, 0.25) is 0 Å². The van der Waals surface area contributed by atoms with Gasteiger partial charge in [0.25, 0.3) is 0 Å². The number of benzene rings is 1. The summed E-state index contributed by atoms with van der Waals surface area (Å²) in [6, 6.07) is 7.33. The zero-order chi connectivity index (χ0) is 22.7. The van der Waals surface area contributed by atoms with Crippen molar-refractivity contribution in [1.82, 2.24) is 4.90 Å². The molecule has 2 amide bonds. The molecule has 2 saturated heterocycles. The molecule has 1 aromatic carbocycles. The highest BCUT2D eigenvalue weighted by atomic mass is 16.3. The van der Waals surface area contributed by atoms with Crippen LogP contribution in [-0.2, 0) is 9.59 Å². The lowest BCUT2D eigenvalue weighted by molar-refractivity contribution is -0.141. The Hall–Kier alpha value is -2.38. The maximum atomic E-state index is 12.7. The van der Waals surface area contributed by atoms with Gasteiger partial charge >= 0.3 is 0 Å². The first kappa shape index (κ1) is 22.8. The maximum Gasteiger partial charge on any atom is 0.233 e. The van der Waals surface area contributed by atoms with E-state index in [4.69, 9.17) is 0 Å². The molecule has 1 aliphatic carbocycles. The first-order valence-corrected chi connectivity index (χ1v) is 11.8. The Kier molecular flexibility index (Phi) is 7.16. The molecule has 7 nitrogen and oxygen atoms in total. The van der Waals surface area contributed by atoms with Gasteiger partial charge in [-0.15, -0.1) is 0 Å². The number of imide groups is 1. The van der Waals surface area contributed by atoms with Gasteiger partial charge in [0, 0.05) is 19.7 Å². The number of aliphatic hydroxyl groups excluding tert-OH is 2. The van der Waals surface area contributed by atoms with Gasteiger partial charge in [-0.05, 0) is 62.5 Å². The van der Waals surface area contributed by atoms with Crippen molar-refractivity contribution in [1.29, 1.82) is 0 Å². The van der Waals surface area contributed by atoms with E-state index in [0.717, 1.165) is 38.0 Å². The molecular formula is C25H34N2O5. The highest BCUT2D eigenvalue weighted by Gasteiger charge is 2.47. The summed E-state index contributed by atoms with van der Waals surface area (Å²) in [6.07, 6.45) is 7.34. The number of carbonyl (C=O) groups is 2. The molecule has 0 aromatic heterocycles. The average Bonchev–Trinajstić information content (AvgIpc) is 2.96. The highest BCUT2D eigenvalue weighted by Crippen LogP contribution is 2.36. The topological polar surface area (TPSA) is 101 Å². The number of fused-ring (bicyclic) bond motifs is 1. The van der Waals surface area contributed by atoms with E-state index in [1.807, 2.05) is 30.4 Å². The lowest BCUT2D eigenvalue weighted by atomic mass is 9.83. The number of hydrogen-bond acceptors (Lipinski definition) is 6. The summed E-state index contributed by atoms with van der Waals surface area (Å²) in [6.45, 7) is 1.59. The lowest BCUT2D eigenvalue weighted by Crippen LogP contribution is -2.39. The number of carbonyl (C=O) groups excluding carboxylic acids is 2. The summed E-state index contributed by atoms with van der Waals surface area (Å²) in [7, 11) is 0. The molecule has 0 bridgehead atoms. The normalized spacial score (nSPS) is 27.9. The van der Waals surface area contributed by atoms with Crippen molar-refractivity contribution < 1.29 is 24.9 Å². The quantitative estimate of drug-likeness (QED) is 0.443. The number of aliphatic hydroxyl groups is 2. The van der Waals surface area contributed by atoms with E-state index in [9.17, 15) is 24.9 Å². The van der Waals surface area contributed by atoms with Crippen molar-refractivity contribution in [3.8, 4) is 5.75 Å². The molecule has 2 fully saturated rings. The van der Waals surface area contributed by atoms with E-state index in [0.29, 0.717) is 19.3 Å². The Morgan fingerprint density at radius 2 is 1.69 bits per heavy atom. The van der Waals surface area contributed by atoms with E-state index in [1.54, 1.807) is 6.07 Å². The van der Waals surface area contributed by atoms with Crippen molar-refractivity contribution in [2.24, 2.45) is 23.7 Å². The lowest BCUT2D eigenvalue weighted by Gasteiger charge is -2.28. The number of likely N-dealkylation sites (tertiary alicyclic amines) is 1. The number of phenols is 1. The summed E-state index contributed by atoms with van der Waals surface area (Å²) >= 11 is 0. The number of aromatic hydroxyl groups is 1. The second-order valence-corrected chi connectivity index (χ2v) is 9.44. The third kappa shape index (κ3) is 4.69. The standard InChI is InChI=1S/C25H34N2O5/c28-16-18(17-6-5-12-26(13-11-17)22-9-3-4-10-23(22)30)14-19(29)15-27-24(31)20-7-1-2-8-21(20)25(27)32/h1-4,9-10,17-21,28-30H,5-8,11-16H2. The Labute approximate surface area is 189 Å². The summed E-state index contributed by atoms with van der Waals surface area (Å²) in [5, 5.41) is 31.0. The first-order chi connectivity index (χ1) is 15.5. The van der Waals surface area contributed by atoms with Crippen molar-refractivity contribution in [3.05, 3.63) is 36.4 Å². The van der Waals surface area contributed by atoms with E-state index in [-0.39, 0.29) is 54.4 Å². The fraction of sp³-hybridized carbons (Fsp3) is 0.600. The zero-order valence-electron chi connectivity index (χ0n) is 18.5. The third-order valence-electron chi connectivity index (χ3n) is 7.46. The molecule has 1 aromatic rings. The molecule has 3 aliphatic rings. The Morgan fingerprint density at radius 1 is 1.00 bits per heavy atom. The Balaban J connectivity index is 1.33. The van der Waals surface area contributed by atoms with Gasteiger partial charge in [0.1, 0.15) is 5.75 Å². The number of allylic oxidation sites excluding steroid dienone is 2. The summed E-state index contributed by atoms with van der Waals surface area (Å²) in [5.74, 6) is -0.483. The van der Waals surface area contributed by atoms with Crippen LogP contribution in [0.15, 0.2) is 36.4 Å². The minimum atomic E-state index is -0.842. The molecule has 3 N–H and O–H groups in total. The molecule has 2 heterocycles. The average molecular weight is 443 g/mol. The minimum Gasteiger partial charge on any atom is -0.506 e. The third-order valence-corrected chi connectivity index (χ3v) is 7.46. The second-order valence-electron chi connectivity index (χ2n) is 9.44. The van der Waals surface area contributed by atoms with E-state index >= 15 is 0 Å². The summed E-state index contributed by atoms with van der Waals surface area (Å²) < 4.78 is 0. The van der Waals surface area contributed by atoms with Crippen LogP contribution >= 0.6 is 0 Å². The molecule has 4 rings (SSSR count). The van der Waals surface area contributed by atoms with Gasteiger partial charge < -0.3 is 20.2 Å². The number of anilines is 1. The first-order valence-electron chi connectivity index (χ1n) is 11.8. The number of nitrogens with zero attached hydrogens (tertiary/aromatic N) is 2. The summed E-state index contributed by atoms with van der Waals surface area (Å²) in [4.78, 5) is 28.8. The smallest absolute Gasteiger partial charge is 0.233 e. The fourth-order valence-corrected chi connectivity index (χ4v) is 5.67. The van der Waals surface area contributed by atoms with Gasteiger partial charge in [0.2, 0.25) is 11.8 Å². The SMILES string of the molecule is O=C1C2CC=CCC2C(=O)N1CC(O)CC(CO)C1CCCN(c2ccccc2O)CC1. The molecule has 5 atom stereocenters. The molecule has 174 valence electrons. The van der Waals surface area contributed by atoms with Crippen LogP contribution in [-0.4, -0.2) is 64.4 Å². The zero-order valence-corrected chi connectivity index (χ0v) is 18.5. The number of hydrogen-bond donors (Lipinski definition) is 3. The minimum absolute atomic E-state index is 0.0118. The molecule has 0 radical (unpaired) electrons. The molecule has 32 heavy (non-hydrogen) atoms. The van der Waals surface area contributed by atoms with Gasteiger partial charge in [-0.1, -0.05) is 24.3 Å². The van der Waals surface area contributed by atoms with Crippen molar-refractivity contribution in [3.63, 3.8) is 0 Å². The van der Waals surface area contributed by atoms with Gasteiger partial charge in [-0.2, -0.15) is 0 Å². The number of rotatable bonds is 7. The van der Waals surface area contributed by atoms with E-state index in [1.165, 1.54) is 4.90 Å². The molecule has 0 spiro atoms. The number of phenolic OH excluding ortho intramolecular Hbond substituents is 1. The van der Waals surface area contributed by atoms with Crippen LogP contribution in [0.25, 0.3) is 0 Å². The predicted octanol–water partition coefficient (Wildman–Crippen LogP) is 2.31. The van der Waals surface area contributed by atoms with E-state index in [2.05, 4.69) is 4.90 Å². The molecular weight excluding hydrogens is 408 g/mol. The summed E-state index contributed by atoms with van der Waals surface area (Å²) in [5.41, 5.74) is 0.829. The van der Waals surface area contributed by atoms with Crippen molar-refractivity contribution in [2.45, 2.75) is 44.6 Å². The van der Waals surface area contributed by atoms with Crippen LogP contribution in [0.5, 0.6) is 5.75 Å². The maximum absolute atomic E-state index is 12.7. The number of β-amino-alcohol motifs (C(OH)–C–C–N with tert-alkyl or cyclic N) is 1. The number of amides is 2. The van der Waals surface area contributed by atoms with Crippen LogP contribution < -0.4 is 4.90 Å². The van der Waals surface area contributed by atoms with Gasteiger partial charge in [0.15, 0.2) is 0 Å². The molecule has 0 saturated carbocycles. The number of para-hydroxylation sites is 2.